The molecule has 2 aromatic rings. The summed E-state index contributed by atoms with van der Waals surface area (Å²) in [4.78, 5) is 30.1. The van der Waals surface area contributed by atoms with Crippen LogP contribution in [0.3, 0.4) is 0 Å². The summed E-state index contributed by atoms with van der Waals surface area (Å²) in [6.45, 7) is 1.25. The number of piperidine rings is 1. The summed E-state index contributed by atoms with van der Waals surface area (Å²) in [6.07, 6.45) is 2.33. The number of carboxylic acids is 1. The first-order valence-electron chi connectivity index (χ1n) is 8.12. The van der Waals surface area contributed by atoms with E-state index in [0.29, 0.717) is 18.8 Å². The molecule has 0 radical (unpaired) electrons. The largest absolute Gasteiger partial charge is 0.481 e. The highest BCUT2D eigenvalue weighted by Crippen LogP contribution is 2.59. The van der Waals surface area contributed by atoms with E-state index < -0.39 is 5.97 Å². The van der Waals surface area contributed by atoms with E-state index in [1.165, 1.54) is 11.3 Å². The van der Waals surface area contributed by atoms with Crippen LogP contribution in [0.4, 0.5) is 0 Å². The summed E-state index contributed by atoms with van der Waals surface area (Å²) >= 11 is 1.48. The zero-order valence-corrected chi connectivity index (χ0v) is 14.0. The molecule has 4 rings (SSSR count). The first kappa shape index (κ1) is 15.3. The van der Waals surface area contributed by atoms with Crippen LogP contribution in [0.2, 0.25) is 0 Å². The highest BCUT2D eigenvalue weighted by Gasteiger charge is 2.59. The van der Waals surface area contributed by atoms with E-state index in [9.17, 15) is 9.59 Å². The monoisotopic (exact) mass is 342 g/mol. The van der Waals surface area contributed by atoms with E-state index in [1.54, 1.807) is 0 Å². The molecular weight excluding hydrogens is 324 g/mol. The Kier molecular flexibility index (Phi) is 3.64. The lowest BCUT2D eigenvalue weighted by molar-refractivity contribution is -0.139. The van der Waals surface area contributed by atoms with Crippen molar-refractivity contribution in [1.29, 1.82) is 0 Å². The fourth-order valence-electron chi connectivity index (χ4n) is 3.65. The van der Waals surface area contributed by atoms with E-state index in [2.05, 4.69) is 4.98 Å². The Labute approximate surface area is 143 Å². The lowest BCUT2D eigenvalue weighted by Crippen LogP contribution is -2.40. The van der Waals surface area contributed by atoms with Gasteiger partial charge in [0.05, 0.1) is 5.92 Å². The van der Waals surface area contributed by atoms with Gasteiger partial charge in [-0.05, 0) is 24.7 Å². The lowest BCUT2D eigenvalue weighted by Gasteiger charge is -2.32. The molecule has 1 atom stereocenters. The van der Waals surface area contributed by atoms with Gasteiger partial charge >= 0.3 is 5.97 Å². The third-order valence-electron chi connectivity index (χ3n) is 5.28. The molecule has 1 aromatic carbocycles. The summed E-state index contributed by atoms with van der Waals surface area (Å²) < 4.78 is 0. The second-order valence-electron chi connectivity index (χ2n) is 6.65. The fraction of sp³-hybridized carbons (Fsp3) is 0.389. The number of benzene rings is 1. The Bertz CT molecular complexity index is 779. The summed E-state index contributed by atoms with van der Waals surface area (Å²) in [5, 5.41) is 11.8. The van der Waals surface area contributed by atoms with Gasteiger partial charge in [0, 0.05) is 24.0 Å². The van der Waals surface area contributed by atoms with Crippen LogP contribution in [0.15, 0.2) is 35.7 Å². The first-order chi connectivity index (χ1) is 11.6. The second kappa shape index (κ2) is 5.70. The molecule has 0 bridgehead atoms. The topological polar surface area (TPSA) is 70.5 Å². The molecule has 1 spiro atoms. The smallest absolute Gasteiger partial charge is 0.307 e. The summed E-state index contributed by atoms with van der Waals surface area (Å²) in [5.74, 6) is -0.948. The Morgan fingerprint density at radius 3 is 2.54 bits per heavy atom. The molecule has 124 valence electrons. The third kappa shape index (κ3) is 2.60. The summed E-state index contributed by atoms with van der Waals surface area (Å²) in [7, 11) is 0. The minimum absolute atomic E-state index is 0.0455. The van der Waals surface area contributed by atoms with Crippen LogP contribution in [-0.2, 0) is 4.79 Å². The molecule has 2 heterocycles. The number of carbonyl (C=O) groups is 2. The van der Waals surface area contributed by atoms with Crippen LogP contribution in [-0.4, -0.2) is 40.0 Å². The van der Waals surface area contributed by atoms with Gasteiger partial charge in [-0.2, -0.15) is 0 Å². The molecule has 1 saturated carbocycles. The molecule has 1 unspecified atom stereocenters. The van der Waals surface area contributed by atoms with Gasteiger partial charge in [0.25, 0.3) is 5.91 Å². The number of aliphatic carboxylic acids is 1. The highest BCUT2D eigenvalue weighted by molar-refractivity contribution is 7.13. The number of hydrogen-bond donors (Lipinski definition) is 1. The van der Waals surface area contributed by atoms with Crippen LogP contribution in [0.1, 0.15) is 29.8 Å². The van der Waals surface area contributed by atoms with Crippen LogP contribution in [0, 0.1) is 11.3 Å². The maximum atomic E-state index is 12.6. The van der Waals surface area contributed by atoms with Crippen LogP contribution in [0.5, 0.6) is 0 Å². The zero-order chi connectivity index (χ0) is 16.7. The van der Waals surface area contributed by atoms with Gasteiger partial charge in [-0.3, -0.25) is 9.59 Å². The molecule has 1 saturated heterocycles. The fourth-order valence-corrected chi connectivity index (χ4v) is 4.45. The number of hydrogen-bond acceptors (Lipinski definition) is 4. The first-order valence-corrected chi connectivity index (χ1v) is 9.00. The van der Waals surface area contributed by atoms with Gasteiger partial charge in [0.1, 0.15) is 10.7 Å². The predicted molar refractivity (Wildman–Crippen MR) is 90.9 cm³/mol. The van der Waals surface area contributed by atoms with E-state index in [-0.39, 0.29) is 17.2 Å². The number of carboxylic acid groups (broad SMARTS) is 1. The zero-order valence-electron chi connectivity index (χ0n) is 13.1. The van der Waals surface area contributed by atoms with Crippen molar-refractivity contribution in [3.63, 3.8) is 0 Å². The highest BCUT2D eigenvalue weighted by atomic mass is 32.1. The van der Waals surface area contributed by atoms with Crippen molar-refractivity contribution >= 4 is 23.2 Å². The molecule has 6 heteroatoms. The summed E-state index contributed by atoms with van der Waals surface area (Å²) in [5.41, 5.74) is 1.45. The van der Waals surface area contributed by atoms with Crippen molar-refractivity contribution in [2.45, 2.75) is 19.3 Å². The minimum Gasteiger partial charge on any atom is -0.481 e. The quantitative estimate of drug-likeness (QED) is 0.930. The number of nitrogens with zero attached hydrogens (tertiary/aromatic N) is 2. The third-order valence-corrected chi connectivity index (χ3v) is 6.17. The van der Waals surface area contributed by atoms with Crippen molar-refractivity contribution in [2.75, 3.05) is 13.1 Å². The number of rotatable bonds is 3. The Morgan fingerprint density at radius 1 is 1.21 bits per heavy atom. The maximum absolute atomic E-state index is 12.6. The normalized spacial score (nSPS) is 21.7. The van der Waals surface area contributed by atoms with Gasteiger partial charge in [0.2, 0.25) is 0 Å². The van der Waals surface area contributed by atoms with Gasteiger partial charge in [-0.1, -0.05) is 30.3 Å². The van der Waals surface area contributed by atoms with Gasteiger partial charge in [-0.25, -0.2) is 4.98 Å². The van der Waals surface area contributed by atoms with Crippen LogP contribution < -0.4 is 0 Å². The molecular formula is C18H18N2O3S. The Morgan fingerprint density at radius 2 is 1.92 bits per heavy atom. The maximum Gasteiger partial charge on any atom is 0.307 e. The van der Waals surface area contributed by atoms with E-state index in [1.807, 2.05) is 40.6 Å². The van der Waals surface area contributed by atoms with Crippen LogP contribution in [0.25, 0.3) is 10.6 Å². The molecule has 1 aromatic heterocycles. The Hall–Kier alpha value is -2.21. The second-order valence-corrected chi connectivity index (χ2v) is 7.51. The standard InChI is InChI=1S/C18H18N2O3S/c21-16(14-11-24-15(19-14)12-4-2-1-3-5-12)20-8-6-18(7-9-20)10-13(18)17(22)23/h1-5,11,13H,6-10H2,(H,22,23). The van der Waals surface area contributed by atoms with Gasteiger partial charge in [0.15, 0.2) is 0 Å². The van der Waals surface area contributed by atoms with Gasteiger partial charge < -0.3 is 10.0 Å². The number of thiazole rings is 1. The average Bonchev–Trinajstić information content (AvgIpc) is 3.09. The van der Waals surface area contributed by atoms with E-state index in [0.717, 1.165) is 29.8 Å². The molecule has 2 aliphatic rings. The molecule has 1 amide bonds. The van der Waals surface area contributed by atoms with Crippen molar-refractivity contribution < 1.29 is 14.7 Å². The molecule has 2 fully saturated rings. The molecule has 1 N–H and O–H groups in total. The predicted octanol–water partition coefficient (Wildman–Crippen LogP) is 3.14. The number of aromatic nitrogens is 1. The molecule has 5 nitrogen and oxygen atoms in total. The number of likely N-dealkylation sites (tertiary alicyclic amines) is 1. The van der Waals surface area contributed by atoms with E-state index >= 15 is 0 Å². The number of carbonyl (C=O) groups excluding carboxylic acids is 1. The SMILES string of the molecule is O=C(O)C1CC12CCN(C(=O)c1csc(-c3ccccc3)n1)CC2. The van der Waals surface area contributed by atoms with Crippen molar-refractivity contribution in [3.8, 4) is 10.6 Å². The number of amides is 1. The molecule has 1 aliphatic heterocycles. The minimum atomic E-state index is -0.693. The van der Waals surface area contributed by atoms with Crippen LogP contribution >= 0.6 is 11.3 Å². The van der Waals surface area contributed by atoms with Crippen molar-refractivity contribution in [3.05, 3.63) is 41.4 Å². The summed E-state index contributed by atoms with van der Waals surface area (Å²) in [6, 6.07) is 9.83. The van der Waals surface area contributed by atoms with Crippen molar-refractivity contribution in [1.82, 2.24) is 9.88 Å². The average molecular weight is 342 g/mol. The molecule has 24 heavy (non-hydrogen) atoms. The van der Waals surface area contributed by atoms with E-state index in [4.69, 9.17) is 5.11 Å². The molecule has 1 aliphatic carbocycles. The Balaban J connectivity index is 1.43. The lowest BCUT2D eigenvalue weighted by atomic mass is 9.90. The van der Waals surface area contributed by atoms with Crippen molar-refractivity contribution in [2.24, 2.45) is 11.3 Å². The van der Waals surface area contributed by atoms with Gasteiger partial charge in [-0.15, -0.1) is 11.3 Å².